The summed E-state index contributed by atoms with van der Waals surface area (Å²) in [5, 5.41) is 2.92. The third-order valence-electron chi connectivity index (χ3n) is 4.25. The van der Waals surface area contributed by atoms with Crippen molar-refractivity contribution in [2.75, 3.05) is 18.4 Å². The van der Waals surface area contributed by atoms with Gasteiger partial charge in [0.25, 0.3) is 5.91 Å². The lowest BCUT2D eigenvalue weighted by molar-refractivity contribution is -0.117. The van der Waals surface area contributed by atoms with Crippen molar-refractivity contribution in [3.8, 4) is 0 Å². The zero-order valence-electron chi connectivity index (χ0n) is 11.8. The number of para-hydroxylation sites is 1. The van der Waals surface area contributed by atoms with Crippen LogP contribution in [0.25, 0.3) is 0 Å². The lowest BCUT2D eigenvalue weighted by Crippen LogP contribution is -2.29. The van der Waals surface area contributed by atoms with Gasteiger partial charge in [0.1, 0.15) is 0 Å². The predicted molar refractivity (Wildman–Crippen MR) is 77.5 cm³/mol. The van der Waals surface area contributed by atoms with E-state index in [9.17, 15) is 9.59 Å². The van der Waals surface area contributed by atoms with E-state index in [1.807, 2.05) is 23.1 Å². The first-order valence-electron chi connectivity index (χ1n) is 7.36. The summed E-state index contributed by atoms with van der Waals surface area (Å²) in [5.41, 5.74) is 1.25. The van der Waals surface area contributed by atoms with E-state index < -0.39 is 0 Å². The Kier molecular flexibility index (Phi) is 3.47. The molecule has 1 N–H and O–H groups in total. The van der Waals surface area contributed by atoms with Gasteiger partial charge in [-0.1, -0.05) is 19.1 Å². The molecule has 0 spiro atoms. The normalized spacial score (nSPS) is 24.6. The summed E-state index contributed by atoms with van der Waals surface area (Å²) in [4.78, 5) is 26.4. The number of amides is 2. The van der Waals surface area contributed by atoms with Gasteiger partial charge in [0.2, 0.25) is 5.91 Å². The molecule has 2 amide bonds. The molecule has 0 aromatic heterocycles. The minimum absolute atomic E-state index is 0.0299. The molecule has 1 saturated heterocycles. The van der Waals surface area contributed by atoms with E-state index in [4.69, 9.17) is 0 Å². The molecule has 1 aromatic rings. The topological polar surface area (TPSA) is 49.4 Å². The fourth-order valence-electron chi connectivity index (χ4n) is 2.78. The van der Waals surface area contributed by atoms with Crippen LogP contribution >= 0.6 is 0 Å². The monoisotopic (exact) mass is 272 g/mol. The van der Waals surface area contributed by atoms with Gasteiger partial charge in [-0.25, -0.2) is 0 Å². The molecule has 4 nitrogen and oxygen atoms in total. The van der Waals surface area contributed by atoms with Crippen molar-refractivity contribution in [1.29, 1.82) is 0 Å². The summed E-state index contributed by atoms with van der Waals surface area (Å²) >= 11 is 0. The van der Waals surface area contributed by atoms with Crippen LogP contribution in [0.2, 0.25) is 0 Å². The van der Waals surface area contributed by atoms with Crippen LogP contribution in [0.5, 0.6) is 0 Å². The maximum absolute atomic E-state index is 12.5. The SMILES string of the molecule is CC1CC1C(=O)Nc1ccccc1C(=O)N1CCCC1. The highest BCUT2D eigenvalue weighted by atomic mass is 16.2. The third-order valence-corrected chi connectivity index (χ3v) is 4.25. The highest BCUT2D eigenvalue weighted by molar-refractivity contribution is 6.04. The van der Waals surface area contributed by atoms with Gasteiger partial charge >= 0.3 is 0 Å². The molecule has 20 heavy (non-hydrogen) atoms. The number of carbonyl (C=O) groups excluding carboxylic acids is 2. The lowest BCUT2D eigenvalue weighted by Gasteiger charge is -2.18. The van der Waals surface area contributed by atoms with Crippen LogP contribution in [-0.4, -0.2) is 29.8 Å². The quantitative estimate of drug-likeness (QED) is 0.919. The molecule has 1 heterocycles. The van der Waals surface area contributed by atoms with Gasteiger partial charge in [-0.2, -0.15) is 0 Å². The lowest BCUT2D eigenvalue weighted by atomic mass is 10.1. The van der Waals surface area contributed by atoms with E-state index in [0.717, 1.165) is 32.4 Å². The molecule has 1 saturated carbocycles. The van der Waals surface area contributed by atoms with Crippen molar-refractivity contribution < 1.29 is 9.59 Å². The van der Waals surface area contributed by atoms with Crippen molar-refractivity contribution in [1.82, 2.24) is 4.90 Å². The highest BCUT2D eigenvalue weighted by Crippen LogP contribution is 2.38. The number of hydrogen-bond donors (Lipinski definition) is 1. The fraction of sp³-hybridized carbons (Fsp3) is 0.500. The van der Waals surface area contributed by atoms with Crippen LogP contribution in [0, 0.1) is 11.8 Å². The van der Waals surface area contributed by atoms with E-state index in [1.165, 1.54) is 0 Å². The molecule has 0 radical (unpaired) electrons. The summed E-state index contributed by atoms with van der Waals surface area (Å²) in [6.07, 6.45) is 3.09. The van der Waals surface area contributed by atoms with Crippen molar-refractivity contribution in [2.24, 2.45) is 11.8 Å². The molecule has 2 fully saturated rings. The molecule has 2 atom stereocenters. The number of nitrogens with zero attached hydrogens (tertiary/aromatic N) is 1. The maximum Gasteiger partial charge on any atom is 0.255 e. The standard InChI is InChI=1S/C16H20N2O2/c1-11-10-13(11)15(19)17-14-7-3-2-6-12(14)16(20)18-8-4-5-9-18/h2-3,6-7,11,13H,4-5,8-10H2,1H3,(H,17,19). The molecule has 2 unspecified atom stereocenters. The van der Waals surface area contributed by atoms with Crippen molar-refractivity contribution in [3.05, 3.63) is 29.8 Å². The smallest absolute Gasteiger partial charge is 0.255 e. The second kappa shape index (κ2) is 5.27. The summed E-state index contributed by atoms with van der Waals surface area (Å²) in [6, 6.07) is 7.31. The Balaban J connectivity index is 1.77. The molecule has 106 valence electrons. The van der Waals surface area contributed by atoms with Gasteiger partial charge < -0.3 is 10.2 Å². The number of likely N-dealkylation sites (tertiary alicyclic amines) is 1. The van der Waals surface area contributed by atoms with Gasteiger partial charge in [-0.15, -0.1) is 0 Å². The first kappa shape index (κ1) is 13.2. The zero-order valence-corrected chi connectivity index (χ0v) is 11.8. The molecule has 1 aliphatic carbocycles. The van der Waals surface area contributed by atoms with E-state index >= 15 is 0 Å². The van der Waals surface area contributed by atoms with E-state index in [0.29, 0.717) is 17.2 Å². The van der Waals surface area contributed by atoms with Crippen LogP contribution in [0.1, 0.15) is 36.5 Å². The molecule has 4 heteroatoms. The molecular weight excluding hydrogens is 252 g/mol. The van der Waals surface area contributed by atoms with E-state index in [1.54, 1.807) is 6.07 Å². The maximum atomic E-state index is 12.5. The Morgan fingerprint density at radius 2 is 1.85 bits per heavy atom. The molecule has 0 bridgehead atoms. The minimum atomic E-state index is 0.0299. The van der Waals surface area contributed by atoms with Crippen LogP contribution in [0.3, 0.4) is 0 Å². The van der Waals surface area contributed by atoms with E-state index in [2.05, 4.69) is 12.2 Å². The Labute approximate surface area is 119 Å². The zero-order chi connectivity index (χ0) is 14.1. The Bertz CT molecular complexity index is 535. The van der Waals surface area contributed by atoms with Crippen LogP contribution in [-0.2, 0) is 4.79 Å². The average molecular weight is 272 g/mol. The van der Waals surface area contributed by atoms with Gasteiger partial charge in [0.15, 0.2) is 0 Å². The minimum Gasteiger partial charge on any atom is -0.339 e. The largest absolute Gasteiger partial charge is 0.339 e. The molecule has 1 aliphatic heterocycles. The molecule has 2 aliphatic rings. The Morgan fingerprint density at radius 3 is 2.50 bits per heavy atom. The summed E-state index contributed by atoms with van der Waals surface area (Å²) in [7, 11) is 0. The second-order valence-corrected chi connectivity index (χ2v) is 5.85. The number of anilines is 1. The van der Waals surface area contributed by atoms with Crippen LogP contribution < -0.4 is 5.32 Å². The van der Waals surface area contributed by atoms with Crippen LogP contribution in [0.4, 0.5) is 5.69 Å². The fourth-order valence-corrected chi connectivity index (χ4v) is 2.78. The number of hydrogen-bond acceptors (Lipinski definition) is 2. The number of benzene rings is 1. The average Bonchev–Trinajstić information content (AvgIpc) is 2.96. The highest BCUT2D eigenvalue weighted by Gasteiger charge is 2.39. The second-order valence-electron chi connectivity index (χ2n) is 5.85. The Hall–Kier alpha value is -1.84. The van der Waals surface area contributed by atoms with Gasteiger partial charge in [-0.3, -0.25) is 9.59 Å². The summed E-state index contributed by atoms with van der Waals surface area (Å²) in [5.74, 6) is 0.655. The van der Waals surface area contributed by atoms with Gasteiger partial charge in [0.05, 0.1) is 11.3 Å². The van der Waals surface area contributed by atoms with Gasteiger partial charge in [0, 0.05) is 19.0 Å². The van der Waals surface area contributed by atoms with Crippen molar-refractivity contribution in [3.63, 3.8) is 0 Å². The van der Waals surface area contributed by atoms with Crippen LogP contribution in [0.15, 0.2) is 24.3 Å². The summed E-state index contributed by atoms with van der Waals surface area (Å²) in [6.45, 7) is 3.72. The number of carbonyl (C=O) groups is 2. The summed E-state index contributed by atoms with van der Waals surface area (Å²) < 4.78 is 0. The third kappa shape index (κ3) is 2.55. The molecular formula is C16H20N2O2. The predicted octanol–water partition coefficient (Wildman–Crippen LogP) is 2.52. The number of rotatable bonds is 3. The Morgan fingerprint density at radius 1 is 1.20 bits per heavy atom. The number of nitrogens with one attached hydrogen (secondary N) is 1. The molecule has 3 rings (SSSR count). The molecule has 1 aromatic carbocycles. The van der Waals surface area contributed by atoms with Crippen molar-refractivity contribution in [2.45, 2.75) is 26.2 Å². The van der Waals surface area contributed by atoms with E-state index in [-0.39, 0.29) is 17.7 Å². The van der Waals surface area contributed by atoms with Crippen molar-refractivity contribution >= 4 is 17.5 Å². The van der Waals surface area contributed by atoms with Gasteiger partial charge in [-0.05, 0) is 37.3 Å². The first-order valence-corrected chi connectivity index (χ1v) is 7.36. The first-order chi connectivity index (χ1) is 9.66.